The summed E-state index contributed by atoms with van der Waals surface area (Å²) in [6.45, 7) is 7.16. The maximum absolute atomic E-state index is 5.85. The summed E-state index contributed by atoms with van der Waals surface area (Å²) in [5.74, 6) is 1.90. The Labute approximate surface area is 151 Å². The predicted octanol–water partition coefficient (Wildman–Crippen LogP) is 2.31. The van der Waals surface area contributed by atoms with Crippen molar-refractivity contribution in [2.75, 3.05) is 33.8 Å². The molecule has 0 aromatic heterocycles. The summed E-state index contributed by atoms with van der Waals surface area (Å²) >= 11 is 0. The molecule has 5 nitrogen and oxygen atoms in total. The second-order valence-corrected chi connectivity index (χ2v) is 5.74. The van der Waals surface area contributed by atoms with E-state index in [0.717, 1.165) is 24.4 Å². The van der Waals surface area contributed by atoms with Crippen molar-refractivity contribution in [2.24, 2.45) is 16.6 Å². The molecule has 0 heterocycles. The van der Waals surface area contributed by atoms with Crippen molar-refractivity contribution >= 4 is 29.9 Å². The van der Waals surface area contributed by atoms with E-state index in [1.54, 1.807) is 0 Å². The molecule has 22 heavy (non-hydrogen) atoms. The van der Waals surface area contributed by atoms with Crippen molar-refractivity contribution in [3.8, 4) is 5.75 Å². The van der Waals surface area contributed by atoms with Crippen molar-refractivity contribution in [3.63, 3.8) is 0 Å². The van der Waals surface area contributed by atoms with Crippen molar-refractivity contribution < 1.29 is 4.74 Å². The van der Waals surface area contributed by atoms with E-state index in [1.165, 1.54) is 0 Å². The fourth-order valence-electron chi connectivity index (χ4n) is 1.65. The van der Waals surface area contributed by atoms with Crippen LogP contribution in [0.1, 0.15) is 19.4 Å². The van der Waals surface area contributed by atoms with Crippen LogP contribution >= 0.6 is 24.0 Å². The second kappa shape index (κ2) is 11.5. The number of guanidine groups is 1. The SMILES string of the molecule is CC(C)CNC(N)=NCc1ccccc1OCCN(C)C.I. The molecule has 0 saturated carbocycles. The van der Waals surface area contributed by atoms with Crippen LogP contribution in [0.4, 0.5) is 0 Å². The largest absolute Gasteiger partial charge is 0.492 e. The number of nitrogens with one attached hydrogen (secondary N) is 1. The number of likely N-dealkylation sites (N-methyl/N-ethyl adjacent to an activating group) is 1. The summed E-state index contributed by atoms with van der Waals surface area (Å²) < 4.78 is 5.81. The molecule has 1 aromatic rings. The number of para-hydroxylation sites is 1. The van der Waals surface area contributed by atoms with E-state index in [0.29, 0.717) is 25.0 Å². The van der Waals surface area contributed by atoms with Crippen molar-refractivity contribution in [3.05, 3.63) is 29.8 Å². The van der Waals surface area contributed by atoms with E-state index in [9.17, 15) is 0 Å². The van der Waals surface area contributed by atoms with E-state index in [-0.39, 0.29) is 24.0 Å². The number of halogens is 1. The minimum atomic E-state index is 0. The molecule has 0 bridgehead atoms. The number of hydrogen-bond acceptors (Lipinski definition) is 3. The Kier molecular flexibility index (Phi) is 11.0. The van der Waals surface area contributed by atoms with Crippen LogP contribution in [0.15, 0.2) is 29.3 Å². The van der Waals surface area contributed by atoms with Gasteiger partial charge in [-0.2, -0.15) is 0 Å². The monoisotopic (exact) mass is 420 g/mol. The summed E-state index contributed by atoms with van der Waals surface area (Å²) in [4.78, 5) is 6.45. The fraction of sp³-hybridized carbons (Fsp3) is 0.562. The van der Waals surface area contributed by atoms with Crippen LogP contribution in [0.5, 0.6) is 5.75 Å². The van der Waals surface area contributed by atoms with Crippen LogP contribution in [0.25, 0.3) is 0 Å². The summed E-state index contributed by atoms with van der Waals surface area (Å²) in [7, 11) is 4.06. The molecule has 6 heteroatoms. The number of nitrogens with zero attached hydrogens (tertiary/aromatic N) is 2. The molecular formula is C16H29IN4O. The van der Waals surface area contributed by atoms with Crippen LogP contribution in [-0.4, -0.2) is 44.7 Å². The van der Waals surface area contributed by atoms with E-state index >= 15 is 0 Å². The first-order valence-electron chi connectivity index (χ1n) is 7.38. The quantitative estimate of drug-likeness (QED) is 0.385. The fourth-order valence-corrected chi connectivity index (χ4v) is 1.65. The molecule has 1 aromatic carbocycles. The first-order chi connectivity index (χ1) is 9.99. The minimum Gasteiger partial charge on any atom is -0.492 e. The van der Waals surface area contributed by atoms with E-state index in [1.807, 2.05) is 38.4 Å². The Morgan fingerprint density at radius 2 is 2.00 bits per heavy atom. The van der Waals surface area contributed by atoms with Crippen LogP contribution in [0.2, 0.25) is 0 Å². The third-order valence-corrected chi connectivity index (χ3v) is 2.88. The summed E-state index contributed by atoms with van der Waals surface area (Å²) in [6.07, 6.45) is 0. The number of aliphatic imine (C=N–C) groups is 1. The van der Waals surface area contributed by atoms with E-state index in [2.05, 4.69) is 29.1 Å². The normalized spacial score (nSPS) is 11.5. The van der Waals surface area contributed by atoms with Crippen molar-refractivity contribution in [1.82, 2.24) is 10.2 Å². The zero-order valence-electron chi connectivity index (χ0n) is 14.0. The van der Waals surface area contributed by atoms with Crippen LogP contribution < -0.4 is 15.8 Å². The van der Waals surface area contributed by atoms with E-state index < -0.39 is 0 Å². The Balaban J connectivity index is 0.00000441. The number of hydrogen-bond donors (Lipinski definition) is 2. The van der Waals surface area contributed by atoms with Crippen LogP contribution in [-0.2, 0) is 6.54 Å². The summed E-state index contributed by atoms with van der Waals surface area (Å²) in [5.41, 5.74) is 6.90. The lowest BCUT2D eigenvalue weighted by atomic mass is 10.2. The van der Waals surface area contributed by atoms with Gasteiger partial charge >= 0.3 is 0 Å². The molecule has 0 spiro atoms. The number of benzene rings is 1. The summed E-state index contributed by atoms with van der Waals surface area (Å²) in [5, 5.41) is 3.11. The second-order valence-electron chi connectivity index (χ2n) is 5.74. The predicted molar refractivity (Wildman–Crippen MR) is 104 cm³/mol. The van der Waals surface area contributed by atoms with Gasteiger partial charge in [-0.3, -0.25) is 0 Å². The first kappa shape index (κ1) is 21.0. The number of rotatable bonds is 8. The molecule has 126 valence electrons. The van der Waals surface area contributed by atoms with Gasteiger partial charge in [0.05, 0.1) is 6.54 Å². The van der Waals surface area contributed by atoms with Gasteiger partial charge in [-0.05, 0) is 26.1 Å². The van der Waals surface area contributed by atoms with Crippen molar-refractivity contribution in [2.45, 2.75) is 20.4 Å². The van der Waals surface area contributed by atoms with E-state index in [4.69, 9.17) is 10.5 Å². The maximum Gasteiger partial charge on any atom is 0.188 e. The lowest BCUT2D eigenvalue weighted by Gasteiger charge is -2.13. The van der Waals surface area contributed by atoms with Crippen LogP contribution in [0.3, 0.4) is 0 Å². The van der Waals surface area contributed by atoms with Gasteiger partial charge in [-0.1, -0.05) is 32.0 Å². The summed E-state index contributed by atoms with van der Waals surface area (Å²) in [6, 6.07) is 7.95. The molecule has 3 N–H and O–H groups in total. The Bertz CT molecular complexity index is 450. The highest BCUT2D eigenvalue weighted by atomic mass is 127. The minimum absolute atomic E-state index is 0. The van der Waals surface area contributed by atoms with Gasteiger partial charge < -0.3 is 20.7 Å². The third-order valence-electron chi connectivity index (χ3n) is 2.88. The molecule has 0 saturated heterocycles. The Morgan fingerprint density at radius 1 is 1.32 bits per heavy atom. The maximum atomic E-state index is 5.85. The van der Waals surface area contributed by atoms with Crippen LogP contribution in [0, 0.1) is 5.92 Å². The van der Waals surface area contributed by atoms with Gasteiger partial charge in [-0.15, -0.1) is 24.0 Å². The highest BCUT2D eigenvalue weighted by Gasteiger charge is 2.03. The Hall–Kier alpha value is -1.02. The Morgan fingerprint density at radius 3 is 2.64 bits per heavy atom. The zero-order chi connectivity index (χ0) is 15.7. The highest BCUT2D eigenvalue weighted by molar-refractivity contribution is 14.0. The lowest BCUT2D eigenvalue weighted by molar-refractivity contribution is 0.259. The lowest BCUT2D eigenvalue weighted by Crippen LogP contribution is -2.34. The highest BCUT2D eigenvalue weighted by Crippen LogP contribution is 2.18. The molecule has 0 atom stereocenters. The third kappa shape index (κ3) is 9.09. The van der Waals surface area contributed by atoms with Gasteiger partial charge in [0.15, 0.2) is 5.96 Å². The zero-order valence-corrected chi connectivity index (χ0v) is 16.3. The molecule has 0 aliphatic carbocycles. The molecule has 0 radical (unpaired) electrons. The van der Waals surface area contributed by atoms with Gasteiger partial charge in [-0.25, -0.2) is 4.99 Å². The van der Waals surface area contributed by atoms with Crippen molar-refractivity contribution in [1.29, 1.82) is 0 Å². The number of ether oxygens (including phenoxy) is 1. The van der Waals surface area contributed by atoms with Gasteiger partial charge in [0.1, 0.15) is 12.4 Å². The standard InChI is InChI=1S/C16H28N4O.HI/c1-13(2)11-18-16(17)19-12-14-7-5-6-8-15(14)21-10-9-20(3)4;/h5-8,13H,9-12H2,1-4H3,(H3,17,18,19);1H. The molecular weight excluding hydrogens is 391 g/mol. The average molecular weight is 420 g/mol. The smallest absolute Gasteiger partial charge is 0.188 e. The molecule has 0 fully saturated rings. The number of nitrogens with two attached hydrogens (primary N) is 1. The van der Waals surface area contributed by atoms with Gasteiger partial charge in [0, 0.05) is 18.7 Å². The average Bonchev–Trinajstić information content (AvgIpc) is 2.43. The topological polar surface area (TPSA) is 62.9 Å². The molecule has 0 aliphatic rings. The molecule has 0 aliphatic heterocycles. The molecule has 1 rings (SSSR count). The molecule has 0 unspecified atom stereocenters. The molecule has 0 amide bonds. The van der Waals surface area contributed by atoms with Gasteiger partial charge in [0.2, 0.25) is 0 Å². The van der Waals surface area contributed by atoms with Gasteiger partial charge in [0.25, 0.3) is 0 Å². The first-order valence-corrected chi connectivity index (χ1v) is 7.38.